The van der Waals surface area contributed by atoms with E-state index in [1.54, 1.807) is 20.8 Å². The van der Waals surface area contributed by atoms with Crippen LogP contribution in [0.2, 0.25) is 0 Å². The number of hydrogen-bond donors (Lipinski definition) is 2. The van der Waals surface area contributed by atoms with Gasteiger partial charge in [0.05, 0.1) is 11.5 Å². The second kappa shape index (κ2) is 7.29. The molecule has 1 aliphatic rings. The number of aliphatic carboxylic acids is 1. The first-order valence-electron chi connectivity index (χ1n) is 7.02. The van der Waals surface area contributed by atoms with Crippen LogP contribution in [0.1, 0.15) is 33.6 Å². The summed E-state index contributed by atoms with van der Waals surface area (Å²) in [6.07, 6.45) is 1.71. The minimum Gasteiger partial charge on any atom is -0.481 e. The Morgan fingerprint density at radius 1 is 1.15 bits per heavy atom. The molecule has 0 aliphatic carbocycles. The van der Waals surface area contributed by atoms with Crippen molar-refractivity contribution < 1.29 is 15.0 Å². The summed E-state index contributed by atoms with van der Waals surface area (Å²) in [6.45, 7) is 6.94. The van der Waals surface area contributed by atoms with Gasteiger partial charge in [0.2, 0.25) is 0 Å². The number of benzene rings is 1. The van der Waals surface area contributed by atoms with Gasteiger partial charge in [0.25, 0.3) is 0 Å². The van der Waals surface area contributed by atoms with E-state index in [0.29, 0.717) is 0 Å². The Labute approximate surface area is 121 Å². The van der Waals surface area contributed by atoms with Gasteiger partial charge in [0, 0.05) is 18.8 Å². The number of nitrogens with zero attached hydrogens (tertiary/aromatic N) is 1. The highest BCUT2D eigenvalue weighted by Gasteiger charge is 2.18. The van der Waals surface area contributed by atoms with Crippen molar-refractivity contribution in [2.75, 3.05) is 18.0 Å². The van der Waals surface area contributed by atoms with Crippen molar-refractivity contribution in [2.45, 2.75) is 39.7 Å². The predicted molar refractivity (Wildman–Crippen MR) is 81.0 cm³/mol. The SMILES string of the molecule is CC(C)(C)C(=O)O.OC1CCN(c2ccccc2)CC1. The number of carbonyl (C=O) groups is 1. The number of rotatable bonds is 1. The quantitative estimate of drug-likeness (QED) is 0.830. The van der Waals surface area contributed by atoms with Crippen LogP contribution in [-0.2, 0) is 4.79 Å². The number of carboxylic acid groups (broad SMARTS) is 1. The zero-order chi connectivity index (χ0) is 15.2. The molecular formula is C16H25NO3. The van der Waals surface area contributed by atoms with Gasteiger partial charge in [0.15, 0.2) is 0 Å². The summed E-state index contributed by atoms with van der Waals surface area (Å²) < 4.78 is 0. The number of piperidine rings is 1. The molecule has 1 aromatic carbocycles. The monoisotopic (exact) mass is 279 g/mol. The Hall–Kier alpha value is -1.55. The largest absolute Gasteiger partial charge is 0.481 e. The fraction of sp³-hybridized carbons (Fsp3) is 0.562. The van der Waals surface area contributed by atoms with E-state index in [1.807, 2.05) is 6.07 Å². The molecule has 0 bridgehead atoms. The van der Waals surface area contributed by atoms with Gasteiger partial charge in [-0.05, 0) is 45.7 Å². The minimum atomic E-state index is -0.757. The highest BCUT2D eigenvalue weighted by atomic mass is 16.4. The highest BCUT2D eigenvalue weighted by Crippen LogP contribution is 2.18. The highest BCUT2D eigenvalue weighted by molar-refractivity contribution is 5.72. The molecule has 0 unspecified atom stereocenters. The molecule has 1 aliphatic heterocycles. The summed E-state index contributed by atoms with van der Waals surface area (Å²) in [7, 11) is 0. The van der Waals surface area contributed by atoms with Gasteiger partial charge in [-0.25, -0.2) is 0 Å². The molecule has 1 saturated heterocycles. The van der Waals surface area contributed by atoms with Crippen molar-refractivity contribution >= 4 is 11.7 Å². The maximum Gasteiger partial charge on any atom is 0.308 e. The van der Waals surface area contributed by atoms with E-state index in [9.17, 15) is 9.90 Å². The van der Waals surface area contributed by atoms with Crippen molar-refractivity contribution in [3.63, 3.8) is 0 Å². The Morgan fingerprint density at radius 3 is 2.00 bits per heavy atom. The number of aliphatic hydroxyl groups excluding tert-OH is 1. The van der Waals surface area contributed by atoms with Crippen molar-refractivity contribution in [2.24, 2.45) is 5.41 Å². The molecule has 0 saturated carbocycles. The van der Waals surface area contributed by atoms with Gasteiger partial charge in [-0.1, -0.05) is 18.2 Å². The number of anilines is 1. The molecule has 20 heavy (non-hydrogen) atoms. The number of carboxylic acids is 1. The van der Waals surface area contributed by atoms with Crippen LogP contribution >= 0.6 is 0 Å². The molecular weight excluding hydrogens is 254 g/mol. The zero-order valence-corrected chi connectivity index (χ0v) is 12.5. The second-order valence-corrected chi connectivity index (χ2v) is 6.11. The summed E-state index contributed by atoms with van der Waals surface area (Å²) in [6, 6.07) is 10.4. The molecule has 4 heteroatoms. The molecule has 2 rings (SSSR count). The van der Waals surface area contributed by atoms with E-state index in [4.69, 9.17) is 5.11 Å². The number of hydrogen-bond acceptors (Lipinski definition) is 3. The predicted octanol–water partition coefficient (Wildman–Crippen LogP) is 2.76. The molecule has 2 N–H and O–H groups in total. The lowest BCUT2D eigenvalue weighted by Crippen LogP contribution is -2.35. The first kappa shape index (κ1) is 16.5. The Morgan fingerprint density at radius 2 is 1.60 bits per heavy atom. The molecule has 112 valence electrons. The molecule has 0 radical (unpaired) electrons. The Balaban J connectivity index is 0.000000246. The van der Waals surface area contributed by atoms with Gasteiger partial charge < -0.3 is 15.1 Å². The van der Waals surface area contributed by atoms with E-state index in [2.05, 4.69) is 29.2 Å². The Bertz CT molecular complexity index is 403. The van der Waals surface area contributed by atoms with Gasteiger partial charge in [-0.15, -0.1) is 0 Å². The summed E-state index contributed by atoms with van der Waals surface area (Å²) >= 11 is 0. The molecule has 0 atom stereocenters. The molecule has 0 amide bonds. The van der Waals surface area contributed by atoms with Gasteiger partial charge in [0.1, 0.15) is 0 Å². The van der Waals surface area contributed by atoms with Crippen molar-refractivity contribution in [3.8, 4) is 0 Å². The number of aliphatic hydroxyl groups is 1. The minimum absolute atomic E-state index is 0.0834. The maximum atomic E-state index is 10.0. The van der Waals surface area contributed by atoms with Crippen LogP contribution in [0, 0.1) is 5.41 Å². The van der Waals surface area contributed by atoms with Gasteiger partial charge in [-0.2, -0.15) is 0 Å². The van der Waals surface area contributed by atoms with Crippen LogP contribution in [0.15, 0.2) is 30.3 Å². The summed E-state index contributed by atoms with van der Waals surface area (Å²) in [5.74, 6) is -0.757. The van der Waals surface area contributed by atoms with Crippen LogP contribution in [0.4, 0.5) is 5.69 Å². The zero-order valence-electron chi connectivity index (χ0n) is 12.5. The topological polar surface area (TPSA) is 60.8 Å². The van der Waals surface area contributed by atoms with Crippen molar-refractivity contribution in [1.29, 1.82) is 0 Å². The normalized spacial score (nSPS) is 16.3. The molecule has 1 fully saturated rings. The maximum absolute atomic E-state index is 10.0. The first-order chi connectivity index (χ1) is 9.30. The lowest BCUT2D eigenvalue weighted by atomic mass is 9.98. The average molecular weight is 279 g/mol. The van der Waals surface area contributed by atoms with E-state index >= 15 is 0 Å². The van der Waals surface area contributed by atoms with Crippen LogP contribution in [-0.4, -0.2) is 35.4 Å². The smallest absolute Gasteiger partial charge is 0.308 e. The molecule has 0 aromatic heterocycles. The summed E-state index contributed by atoms with van der Waals surface area (Å²) in [5, 5.41) is 17.6. The van der Waals surface area contributed by atoms with E-state index in [0.717, 1.165) is 25.9 Å². The van der Waals surface area contributed by atoms with Crippen LogP contribution in [0.3, 0.4) is 0 Å². The molecule has 4 nitrogen and oxygen atoms in total. The third kappa shape index (κ3) is 5.61. The molecule has 1 aromatic rings. The summed E-state index contributed by atoms with van der Waals surface area (Å²) in [5.41, 5.74) is 0.689. The standard InChI is InChI=1S/C11H15NO.C5H10O2/c13-11-6-8-12(9-7-11)10-4-2-1-3-5-10;1-5(2,3)4(6)7/h1-5,11,13H,6-9H2;1-3H3,(H,6,7). The van der Waals surface area contributed by atoms with Crippen molar-refractivity contribution in [3.05, 3.63) is 30.3 Å². The fourth-order valence-electron chi connectivity index (χ4n) is 1.76. The first-order valence-corrected chi connectivity index (χ1v) is 7.02. The van der Waals surface area contributed by atoms with E-state index in [1.165, 1.54) is 5.69 Å². The van der Waals surface area contributed by atoms with Crippen LogP contribution in [0.25, 0.3) is 0 Å². The number of para-hydroxylation sites is 1. The molecule has 1 heterocycles. The average Bonchev–Trinajstić information content (AvgIpc) is 2.40. The lowest BCUT2D eigenvalue weighted by Gasteiger charge is -2.31. The Kier molecular flexibility index (Phi) is 6.02. The summed E-state index contributed by atoms with van der Waals surface area (Å²) in [4.78, 5) is 12.3. The molecule has 0 spiro atoms. The lowest BCUT2D eigenvalue weighted by molar-refractivity contribution is -0.145. The van der Waals surface area contributed by atoms with Gasteiger partial charge in [-0.3, -0.25) is 4.79 Å². The van der Waals surface area contributed by atoms with Crippen LogP contribution in [0.5, 0.6) is 0 Å². The van der Waals surface area contributed by atoms with Crippen LogP contribution < -0.4 is 4.90 Å². The van der Waals surface area contributed by atoms with E-state index < -0.39 is 11.4 Å². The fourth-order valence-corrected chi connectivity index (χ4v) is 1.76. The van der Waals surface area contributed by atoms with E-state index in [-0.39, 0.29) is 6.10 Å². The third-order valence-corrected chi connectivity index (χ3v) is 3.23. The second-order valence-electron chi connectivity index (χ2n) is 6.11. The van der Waals surface area contributed by atoms with Gasteiger partial charge >= 0.3 is 5.97 Å². The van der Waals surface area contributed by atoms with Crippen molar-refractivity contribution in [1.82, 2.24) is 0 Å². The third-order valence-electron chi connectivity index (χ3n) is 3.23.